The van der Waals surface area contributed by atoms with E-state index in [-0.39, 0.29) is 0 Å². The highest BCUT2D eigenvalue weighted by atomic mass is 16.2. The lowest BCUT2D eigenvalue weighted by atomic mass is 10.0. The molecule has 2 heterocycles. The minimum absolute atomic E-state index is 0.318. The van der Waals surface area contributed by atoms with Gasteiger partial charge in [-0.15, -0.1) is 0 Å². The first-order valence-electron chi connectivity index (χ1n) is 6.54. The molecule has 2 fully saturated rings. The molecule has 2 saturated heterocycles. The lowest BCUT2D eigenvalue weighted by Gasteiger charge is -2.40. The molecule has 0 spiro atoms. The predicted molar refractivity (Wildman–Crippen MR) is 64.3 cm³/mol. The third-order valence-electron chi connectivity index (χ3n) is 3.79. The molecule has 2 aliphatic rings. The van der Waals surface area contributed by atoms with Crippen molar-refractivity contribution in [1.29, 1.82) is 0 Å². The van der Waals surface area contributed by atoms with Gasteiger partial charge in [0, 0.05) is 51.7 Å². The van der Waals surface area contributed by atoms with Gasteiger partial charge in [0.2, 0.25) is 5.91 Å². The Kier molecular flexibility index (Phi) is 4.18. The minimum atomic E-state index is 0.318. The summed E-state index contributed by atoms with van der Waals surface area (Å²) in [7, 11) is 0. The van der Waals surface area contributed by atoms with Crippen molar-refractivity contribution in [3.8, 4) is 0 Å². The predicted octanol–water partition coefficient (Wildman–Crippen LogP) is 0.293. The highest BCUT2D eigenvalue weighted by Gasteiger charge is 2.26. The summed E-state index contributed by atoms with van der Waals surface area (Å²) >= 11 is 0. The number of piperidine rings is 1. The van der Waals surface area contributed by atoms with Gasteiger partial charge in [0.25, 0.3) is 0 Å². The van der Waals surface area contributed by atoms with Gasteiger partial charge in [-0.25, -0.2) is 0 Å². The number of likely N-dealkylation sites (tertiary alicyclic amines) is 1. The molecule has 2 aliphatic heterocycles. The van der Waals surface area contributed by atoms with E-state index in [4.69, 9.17) is 0 Å². The molecule has 1 amide bonds. The Balaban J connectivity index is 1.78. The highest BCUT2D eigenvalue weighted by Crippen LogP contribution is 2.17. The van der Waals surface area contributed by atoms with Gasteiger partial charge in [-0.2, -0.15) is 0 Å². The van der Waals surface area contributed by atoms with Gasteiger partial charge in [0.15, 0.2) is 0 Å². The van der Waals surface area contributed by atoms with Crippen molar-refractivity contribution in [3.63, 3.8) is 0 Å². The van der Waals surface area contributed by atoms with Crippen LogP contribution in [0.3, 0.4) is 0 Å². The average Bonchev–Trinajstić information content (AvgIpc) is 2.39. The van der Waals surface area contributed by atoms with Crippen LogP contribution >= 0.6 is 0 Å². The summed E-state index contributed by atoms with van der Waals surface area (Å²) in [6, 6.07) is 0.711. The summed E-state index contributed by atoms with van der Waals surface area (Å²) in [5, 5.41) is 3.38. The van der Waals surface area contributed by atoms with E-state index in [1.54, 1.807) is 0 Å². The van der Waals surface area contributed by atoms with Crippen LogP contribution in [-0.2, 0) is 4.79 Å². The molecule has 0 bridgehead atoms. The molecule has 1 N–H and O–H groups in total. The summed E-state index contributed by atoms with van der Waals surface area (Å²) < 4.78 is 0. The van der Waals surface area contributed by atoms with E-state index in [0.717, 1.165) is 39.0 Å². The van der Waals surface area contributed by atoms with Crippen LogP contribution in [0.1, 0.15) is 26.2 Å². The summed E-state index contributed by atoms with van der Waals surface area (Å²) in [5.74, 6) is 0.318. The van der Waals surface area contributed by atoms with E-state index < -0.39 is 0 Å². The number of nitrogens with zero attached hydrogens (tertiary/aromatic N) is 2. The van der Waals surface area contributed by atoms with Crippen molar-refractivity contribution in [1.82, 2.24) is 15.1 Å². The van der Waals surface area contributed by atoms with E-state index in [2.05, 4.69) is 10.2 Å². The van der Waals surface area contributed by atoms with Crippen LogP contribution in [-0.4, -0.2) is 61.0 Å². The van der Waals surface area contributed by atoms with Gasteiger partial charge in [-0.05, 0) is 12.8 Å². The summed E-state index contributed by atoms with van der Waals surface area (Å²) in [4.78, 5) is 16.2. The van der Waals surface area contributed by atoms with Crippen LogP contribution in [0.5, 0.6) is 0 Å². The first-order valence-corrected chi connectivity index (χ1v) is 6.54. The average molecular weight is 225 g/mol. The smallest absolute Gasteiger partial charge is 0.222 e. The van der Waals surface area contributed by atoms with Crippen LogP contribution in [0.2, 0.25) is 0 Å². The van der Waals surface area contributed by atoms with Gasteiger partial charge in [-0.1, -0.05) is 6.92 Å². The second-order valence-corrected chi connectivity index (χ2v) is 4.75. The van der Waals surface area contributed by atoms with E-state index in [9.17, 15) is 4.79 Å². The first kappa shape index (κ1) is 11.9. The minimum Gasteiger partial charge on any atom is -0.343 e. The Morgan fingerprint density at radius 3 is 2.38 bits per heavy atom. The fourth-order valence-corrected chi connectivity index (χ4v) is 2.75. The number of carbonyl (C=O) groups excluding carboxylic acids is 1. The number of piperazine rings is 1. The molecule has 0 aromatic rings. The Labute approximate surface area is 98.0 Å². The van der Waals surface area contributed by atoms with Crippen molar-refractivity contribution in [2.75, 3.05) is 39.3 Å². The lowest BCUT2D eigenvalue weighted by Crippen LogP contribution is -2.52. The van der Waals surface area contributed by atoms with Crippen molar-refractivity contribution in [2.24, 2.45) is 0 Å². The van der Waals surface area contributed by atoms with Crippen molar-refractivity contribution >= 4 is 5.91 Å². The first-order chi connectivity index (χ1) is 7.81. The molecular weight excluding hydrogens is 202 g/mol. The van der Waals surface area contributed by atoms with Crippen molar-refractivity contribution in [3.05, 3.63) is 0 Å². The number of rotatable bonds is 2. The summed E-state index contributed by atoms with van der Waals surface area (Å²) in [6.45, 7) is 8.45. The maximum Gasteiger partial charge on any atom is 0.222 e. The monoisotopic (exact) mass is 225 g/mol. The molecule has 4 heteroatoms. The third-order valence-corrected chi connectivity index (χ3v) is 3.79. The number of nitrogens with one attached hydrogen (secondary N) is 1. The topological polar surface area (TPSA) is 35.6 Å². The SMILES string of the molecule is CCC(=O)N1CCC(N2CCNCC2)CC1. The fourth-order valence-electron chi connectivity index (χ4n) is 2.75. The van der Waals surface area contributed by atoms with Crippen molar-refractivity contribution < 1.29 is 4.79 Å². The van der Waals surface area contributed by atoms with Gasteiger partial charge >= 0.3 is 0 Å². The molecule has 0 atom stereocenters. The summed E-state index contributed by atoms with van der Waals surface area (Å²) in [5.41, 5.74) is 0. The van der Waals surface area contributed by atoms with Crippen LogP contribution < -0.4 is 5.32 Å². The molecule has 0 unspecified atom stereocenters. The van der Waals surface area contributed by atoms with Crippen LogP contribution in [0.25, 0.3) is 0 Å². The van der Waals surface area contributed by atoms with Crippen molar-refractivity contribution in [2.45, 2.75) is 32.2 Å². The number of amides is 1. The molecule has 4 nitrogen and oxygen atoms in total. The molecule has 2 rings (SSSR count). The largest absolute Gasteiger partial charge is 0.343 e. The van der Waals surface area contributed by atoms with E-state index in [1.165, 1.54) is 13.1 Å². The Morgan fingerprint density at radius 1 is 1.19 bits per heavy atom. The van der Waals surface area contributed by atoms with Gasteiger partial charge < -0.3 is 10.2 Å². The molecule has 0 radical (unpaired) electrons. The number of hydrogen-bond acceptors (Lipinski definition) is 3. The normalized spacial score (nSPS) is 24.7. The van der Waals surface area contributed by atoms with Crippen LogP contribution in [0, 0.1) is 0 Å². The molecule has 0 saturated carbocycles. The standard InChI is InChI=1S/C12H23N3O/c1-2-12(16)15-7-3-11(4-8-15)14-9-5-13-6-10-14/h11,13H,2-10H2,1H3. The zero-order chi connectivity index (χ0) is 11.4. The fraction of sp³-hybridized carbons (Fsp3) is 0.917. The van der Waals surface area contributed by atoms with E-state index in [0.29, 0.717) is 18.4 Å². The molecule has 16 heavy (non-hydrogen) atoms. The third kappa shape index (κ3) is 2.74. The zero-order valence-electron chi connectivity index (χ0n) is 10.2. The second kappa shape index (κ2) is 5.64. The van der Waals surface area contributed by atoms with E-state index >= 15 is 0 Å². The Morgan fingerprint density at radius 2 is 1.81 bits per heavy atom. The number of hydrogen-bond donors (Lipinski definition) is 1. The molecule has 0 aliphatic carbocycles. The molecular formula is C12H23N3O. The van der Waals surface area contributed by atoms with Gasteiger partial charge in [-0.3, -0.25) is 9.69 Å². The van der Waals surface area contributed by atoms with Crippen LogP contribution in [0.15, 0.2) is 0 Å². The maximum atomic E-state index is 11.6. The number of carbonyl (C=O) groups is 1. The quantitative estimate of drug-likeness (QED) is 0.734. The molecule has 0 aromatic carbocycles. The lowest BCUT2D eigenvalue weighted by molar-refractivity contribution is -0.132. The maximum absolute atomic E-state index is 11.6. The van der Waals surface area contributed by atoms with Crippen LogP contribution in [0.4, 0.5) is 0 Å². The Bertz CT molecular complexity index is 230. The zero-order valence-corrected chi connectivity index (χ0v) is 10.2. The van der Waals surface area contributed by atoms with Gasteiger partial charge in [0.05, 0.1) is 0 Å². The second-order valence-electron chi connectivity index (χ2n) is 4.75. The highest BCUT2D eigenvalue weighted by molar-refractivity contribution is 5.75. The molecule has 92 valence electrons. The summed E-state index contributed by atoms with van der Waals surface area (Å²) in [6.07, 6.45) is 2.97. The Hall–Kier alpha value is -0.610. The molecule has 0 aromatic heterocycles. The van der Waals surface area contributed by atoms with E-state index in [1.807, 2.05) is 11.8 Å². The van der Waals surface area contributed by atoms with Gasteiger partial charge in [0.1, 0.15) is 0 Å².